The van der Waals surface area contributed by atoms with Crippen LogP contribution >= 0.6 is 0 Å². The number of nitrogens with zero attached hydrogens (tertiary/aromatic N) is 5. The Kier molecular flexibility index (Phi) is 6.74. The first-order valence-electron chi connectivity index (χ1n) is 12.6. The Morgan fingerprint density at radius 2 is 1.68 bits per heavy atom. The van der Waals surface area contributed by atoms with Gasteiger partial charge >= 0.3 is 6.03 Å². The molecule has 3 saturated heterocycles. The van der Waals surface area contributed by atoms with Gasteiger partial charge in [0, 0.05) is 45.2 Å². The summed E-state index contributed by atoms with van der Waals surface area (Å²) in [6.07, 6.45) is 3.11. The maximum Gasteiger partial charge on any atom is 0.320 e. The third-order valence-corrected chi connectivity index (χ3v) is 7.54. The summed E-state index contributed by atoms with van der Waals surface area (Å²) < 4.78 is 5.69. The van der Waals surface area contributed by atoms with Crippen molar-refractivity contribution in [3.63, 3.8) is 0 Å². The van der Waals surface area contributed by atoms with E-state index in [0.717, 1.165) is 12.8 Å². The number of aliphatic hydroxyl groups is 2. The monoisotopic (exact) mass is 469 g/mol. The number of anilines is 1. The fourth-order valence-electron chi connectivity index (χ4n) is 5.40. The molecular formula is C25H35N5O4. The van der Waals surface area contributed by atoms with E-state index in [1.54, 1.807) is 0 Å². The predicted molar refractivity (Wildman–Crippen MR) is 127 cm³/mol. The maximum atomic E-state index is 13.4. The molecule has 0 bridgehead atoms. The largest absolute Gasteiger partial charge is 0.393 e. The number of carbonyl (C=O) groups excluding carboxylic acids is 1. The Labute approximate surface area is 200 Å². The Morgan fingerprint density at radius 3 is 2.35 bits per heavy atom. The zero-order valence-electron chi connectivity index (χ0n) is 19.8. The lowest BCUT2D eigenvalue weighted by atomic mass is 9.84. The summed E-state index contributed by atoms with van der Waals surface area (Å²) in [6, 6.07) is 8.71. The van der Waals surface area contributed by atoms with Gasteiger partial charge in [0.1, 0.15) is 0 Å². The number of carbonyl (C=O) groups is 1. The number of amides is 2. The van der Waals surface area contributed by atoms with Crippen molar-refractivity contribution in [1.29, 1.82) is 0 Å². The van der Waals surface area contributed by atoms with Gasteiger partial charge in [-0.05, 0) is 48.4 Å². The Balaban J connectivity index is 1.36. The molecule has 0 spiro atoms. The van der Waals surface area contributed by atoms with Crippen LogP contribution in [-0.4, -0.2) is 87.7 Å². The van der Waals surface area contributed by atoms with Gasteiger partial charge in [-0.15, -0.1) is 0 Å². The van der Waals surface area contributed by atoms with Gasteiger partial charge in [-0.2, -0.15) is 4.98 Å². The molecule has 2 aromatic rings. The maximum absolute atomic E-state index is 13.4. The highest BCUT2D eigenvalue weighted by Crippen LogP contribution is 2.36. The van der Waals surface area contributed by atoms with Crippen LogP contribution in [0.1, 0.15) is 61.5 Å². The second-order valence-electron chi connectivity index (χ2n) is 9.95. The average molecular weight is 470 g/mol. The standard InChI is InChI=1S/C25H35N5O4/c1-2-17-3-5-18(6-4-17)19-13-20(23-26-24(27-34-23)29-12-9-22(32)16-29)15-30(14-19)25(33)28-10-7-21(31)8-11-28/h3-6,19-22,31-32H,2,7-16H2,1H3/t19?,20?,22-/m1/s1. The topological polar surface area (TPSA) is 106 Å². The molecule has 3 atom stereocenters. The summed E-state index contributed by atoms with van der Waals surface area (Å²) in [6.45, 7) is 5.72. The first kappa shape index (κ1) is 23.1. The van der Waals surface area contributed by atoms with Crippen LogP contribution in [-0.2, 0) is 6.42 Å². The second kappa shape index (κ2) is 9.92. The molecule has 5 rings (SSSR count). The van der Waals surface area contributed by atoms with E-state index in [2.05, 4.69) is 41.3 Å². The lowest BCUT2D eigenvalue weighted by molar-refractivity contribution is 0.0744. The highest BCUT2D eigenvalue weighted by Gasteiger charge is 2.37. The molecule has 4 heterocycles. The number of likely N-dealkylation sites (tertiary alicyclic amines) is 2. The van der Waals surface area contributed by atoms with E-state index in [9.17, 15) is 15.0 Å². The van der Waals surface area contributed by atoms with E-state index in [0.29, 0.717) is 70.4 Å². The lowest BCUT2D eigenvalue weighted by Gasteiger charge is -2.40. The minimum absolute atomic E-state index is 0.0224. The van der Waals surface area contributed by atoms with Crippen LogP contribution < -0.4 is 4.90 Å². The van der Waals surface area contributed by atoms with Gasteiger partial charge in [-0.3, -0.25) is 0 Å². The van der Waals surface area contributed by atoms with Crippen LogP contribution in [0.3, 0.4) is 0 Å². The molecule has 34 heavy (non-hydrogen) atoms. The van der Waals surface area contributed by atoms with Gasteiger partial charge in [0.15, 0.2) is 0 Å². The van der Waals surface area contributed by atoms with Gasteiger partial charge < -0.3 is 29.4 Å². The number of aromatic nitrogens is 2. The van der Waals surface area contributed by atoms with Crippen molar-refractivity contribution in [2.24, 2.45) is 0 Å². The van der Waals surface area contributed by atoms with Crippen molar-refractivity contribution >= 4 is 12.0 Å². The Morgan fingerprint density at radius 1 is 0.971 bits per heavy atom. The van der Waals surface area contributed by atoms with E-state index in [4.69, 9.17) is 4.52 Å². The zero-order valence-corrected chi connectivity index (χ0v) is 19.8. The van der Waals surface area contributed by atoms with Crippen molar-refractivity contribution in [1.82, 2.24) is 19.9 Å². The average Bonchev–Trinajstić information content (AvgIpc) is 3.53. The second-order valence-corrected chi connectivity index (χ2v) is 9.95. The SMILES string of the molecule is CCc1ccc(C2CC(c3nc(N4CC[C@@H](O)C4)no3)CN(C(=O)N3CCC(O)CC3)C2)cc1. The van der Waals surface area contributed by atoms with Gasteiger partial charge in [0.2, 0.25) is 5.89 Å². The van der Waals surface area contributed by atoms with Gasteiger partial charge in [0.05, 0.1) is 18.1 Å². The van der Waals surface area contributed by atoms with Crippen LogP contribution in [0.25, 0.3) is 0 Å². The molecule has 0 saturated carbocycles. The van der Waals surface area contributed by atoms with Crippen LogP contribution in [0.15, 0.2) is 28.8 Å². The van der Waals surface area contributed by atoms with E-state index < -0.39 is 0 Å². The van der Waals surface area contributed by atoms with E-state index in [1.165, 1.54) is 11.1 Å². The fraction of sp³-hybridized carbons (Fsp3) is 0.640. The van der Waals surface area contributed by atoms with Crippen molar-refractivity contribution in [3.05, 3.63) is 41.3 Å². The van der Waals surface area contributed by atoms with E-state index in [1.807, 2.05) is 14.7 Å². The molecule has 3 aliphatic heterocycles. The summed E-state index contributed by atoms with van der Waals surface area (Å²) in [7, 11) is 0. The molecule has 184 valence electrons. The smallest absolute Gasteiger partial charge is 0.320 e. The van der Waals surface area contributed by atoms with E-state index >= 15 is 0 Å². The lowest BCUT2D eigenvalue weighted by Crippen LogP contribution is -2.51. The Hall–Kier alpha value is -2.65. The summed E-state index contributed by atoms with van der Waals surface area (Å²) in [5.74, 6) is 1.19. The summed E-state index contributed by atoms with van der Waals surface area (Å²) in [5, 5.41) is 23.9. The quantitative estimate of drug-likeness (QED) is 0.708. The third-order valence-electron chi connectivity index (χ3n) is 7.54. The van der Waals surface area contributed by atoms with Crippen LogP contribution in [0.5, 0.6) is 0 Å². The van der Waals surface area contributed by atoms with Crippen molar-refractivity contribution < 1.29 is 19.5 Å². The normalized spacial score (nSPS) is 26.3. The number of urea groups is 1. The minimum Gasteiger partial charge on any atom is -0.393 e. The van der Waals surface area contributed by atoms with Gasteiger partial charge in [-0.1, -0.05) is 31.2 Å². The molecule has 2 amide bonds. The molecule has 1 aromatic heterocycles. The number of hydrogen-bond donors (Lipinski definition) is 2. The number of benzene rings is 1. The fourth-order valence-corrected chi connectivity index (χ4v) is 5.40. The minimum atomic E-state index is -0.358. The number of aliphatic hydroxyl groups excluding tert-OH is 2. The molecule has 3 fully saturated rings. The summed E-state index contributed by atoms with van der Waals surface area (Å²) in [4.78, 5) is 23.8. The molecular weight excluding hydrogens is 434 g/mol. The third kappa shape index (κ3) is 4.90. The number of hydrogen-bond acceptors (Lipinski definition) is 7. The van der Waals surface area contributed by atoms with Crippen LogP contribution in [0.4, 0.5) is 10.7 Å². The van der Waals surface area contributed by atoms with Crippen molar-refractivity contribution in [2.75, 3.05) is 44.2 Å². The first-order chi connectivity index (χ1) is 16.5. The molecule has 9 heteroatoms. The first-order valence-corrected chi connectivity index (χ1v) is 12.6. The molecule has 1 aromatic carbocycles. The summed E-state index contributed by atoms with van der Waals surface area (Å²) in [5.41, 5.74) is 2.52. The van der Waals surface area contributed by atoms with Crippen molar-refractivity contribution in [3.8, 4) is 0 Å². The highest BCUT2D eigenvalue weighted by atomic mass is 16.5. The van der Waals surface area contributed by atoms with Crippen LogP contribution in [0, 0.1) is 0 Å². The summed E-state index contributed by atoms with van der Waals surface area (Å²) >= 11 is 0. The molecule has 2 unspecified atom stereocenters. The Bertz CT molecular complexity index is 972. The number of β-amino-alcohol motifs (C(OH)–C–C–N with tert-alkyl or cyclic N) is 1. The number of aryl methyl sites for hydroxylation is 1. The van der Waals surface area contributed by atoms with Gasteiger partial charge in [0.25, 0.3) is 5.95 Å². The predicted octanol–water partition coefficient (Wildman–Crippen LogP) is 2.35. The highest BCUT2D eigenvalue weighted by molar-refractivity contribution is 5.75. The number of rotatable bonds is 4. The molecule has 3 aliphatic rings. The van der Waals surface area contributed by atoms with Gasteiger partial charge in [-0.25, -0.2) is 4.79 Å². The van der Waals surface area contributed by atoms with Crippen LogP contribution in [0.2, 0.25) is 0 Å². The molecule has 0 radical (unpaired) electrons. The molecule has 0 aliphatic carbocycles. The zero-order chi connectivity index (χ0) is 23.7. The van der Waals surface area contributed by atoms with Crippen molar-refractivity contribution in [2.45, 2.75) is 63.1 Å². The molecule has 9 nitrogen and oxygen atoms in total. The van der Waals surface area contributed by atoms with E-state index in [-0.39, 0.29) is 30.1 Å². The number of piperidine rings is 2. The molecule has 2 N–H and O–H groups in total.